The van der Waals surface area contributed by atoms with Gasteiger partial charge in [-0.25, -0.2) is 8.78 Å². The van der Waals surface area contributed by atoms with Crippen LogP contribution in [0.4, 0.5) is 8.78 Å². The second kappa shape index (κ2) is 6.66. The molecule has 0 heterocycles. The molecule has 104 valence electrons. The van der Waals surface area contributed by atoms with Gasteiger partial charge in [0.25, 0.3) is 0 Å². The van der Waals surface area contributed by atoms with E-state index in [-0.39, 0.29) is 17.1 Å². The summed E-state index contributed by atoms with van der Waals surface area (Å²) in [4.78, 5) is 11.9. The minimum Gasteiger partial charge on any atom is -0.293 e. The van der Waals surface area contributed by atoms with Gasteiger partial charge in [0.2, 0.25) is 0 Å². The summed E-state index contributed by atoms with van der Waals surface area (Å²) >= 11 is 1.43. The molecule has 0 saturated heterocycles. The first-order chi connectivity index (χ1) is 9.58. The van der Waals surface area contributed by atoms with Crippen LogP contribution in [0, 0.1) is 18.6 Å². The number of carbonyl (C=O) groups excluding carboxylic acids is 1. The van der Waals surface area contributed by atoms with Gasteiger partial charge in [0.1, 0.15) is 11.6 Å². The van der Waals surface area contributed by atoms with Crippen LogP contribution in [0.3, 0.4) is 0 Å². The van der Waals surface area contributed by atoms with Crippen LogP contribution >= 0.6 is 11.8 Å². The maximum atomic E-state index is 13.4. The van der Waals surface area contributed by atoms with Crippen LogP contribution in [0.25, 0.3) is 0 Å². The molecule has 0 amide bonds. The maximum Gasteiger partial charge on any atom is 0.175 e. The molecule has 2 rings (SSSR count). The first-order valence-electron chi connectivity index (χ1n) is 6.18. The highest BCUT2D eigenvalue weighted by Crippen LogP contribution is 2.18. The maximum absolute atomic E-state index is 13.4. The summed E-state index contributed by atoms with van der Waals surface area (Å²) in [6.45, 7) is 2.01. The van der Waals surface area contributed by atoms with Gasteiger partial charge < -0.3 is 0 Å². The summed E-state index contributed by atoms with van der Waals surface area (Å²) in [6.07, 6.45) is 0. The fraction of sp³-hybridized carbons (Fsp3) is 0.188. The van der Waals surface area contributed by atoms with Crippen LogP contribution in [0.5, 0.6) is 0 Å². The number of hydrogen-bond donors (Lipinski definition) is 0. The van der Waals surface area contributed by atoms with E-state index in [0.29, 0.717) is 5.75 Å². The lowest BCUT2D eigenvalue weighted by Crippen LogP contribution is -2.06. The fourth-order valence-electron chi connectivity index (χ4n) is 1.82. The Kier molecular flexibility index (Phi) is 4.90. The van der Waals surface area contributed by atoms with E-state index in [1.165, 1.54) is 23.4 Å². The highest BCUT2D eigenvalue weighted by molar-refractivity contribution is 7.99. The number of halogens is 2. The van der Waals surface area contributed by atoms with Gasteiger partial charge in [-0.3, -0.25) is 4.79 Å². The van der Waals surface area contributed by atoms with E-state index in [2.05, 4.69) is 0 Å². The number of thioether (sulfide) groups is 1. The van der Waals surface area contributed by atoms with Gasteiger partial charge in [-0.15, -0.1) is 11.8 Å². The quantitative estimate of drug-likeness (QED) is 0.760. The lowest BCUT2D eigenvalue weighted by Gasteiger charge is -2.05. The predicted octanol–water partition coefficient (Wildman–Crippen LogP) is 4.39. The Bertz CT molecular complexity index is 626. The Labute approximate surface area is 121 Å². The summed E-state index contributed by atoms with van der Waals surface area (Å²) in [5.41, 5.74) is 2.27. The minimum absolute atomic E-state index is 0.0521. The standard InChI is InChI=1S/C16H14F2OS/c1-11-4-2-3-5-12(11)9-20-10-16(19)14-7-6-13(17)8-15(14)18/h2-8H,9-10H2,1H3. The van der Waals surface area contributed by atoms with Gasteiger partial charge in [0.15, 0.2) is 5.78 Å². The predicted molar refractivity (Wildman–Crippen MR) is 78.0 cm³/mol. The minimum atomic E-state index is -0.800. The zero-order valence-corrected chi connectivity index (χ0v) is 11.8. The number of ketones is 1. The van der Waals surface area contributed by atoms with E-state index in [9.17, 15) is 13.6 Å². The van der Waals surface area contributed by atoms with Crippen molar-refractivity contribution in [1.82, 2.24) is 0 Å². The number of rotatable bonds is 5. The number of aryl methyl sites for hydroxylation is 1. The summed E-state index contributed by atoms with van der Waals surface area (Å²) in [5.74, 6) is -0.919. The van der Waals surface area contributed by atoms with Crippen molar-refractivity contribution in [1.29, 1.82) is 0 Å². The Morgan fingerprint density at radius 2 is 1.90 bits per heavy atom. The molecule has 0 unspecified atom stereocenters. The number of hydrogen-bond acceptors (Lipinski definition) is 2. The average molecular weight is 292 g/mol. The Hall–Kier alpha value is -1.68. The van der Waals surface area contributed by atoms with E-state index in [4.69, 9.17) is 0 Å². The molecule has 0 aliphatic heterocycles. The number of benzene rings is 2. The summed E-state index contributed by atoms with van der Waals surface area (Å²) in [7, 11) is 0. The lowest BCUT2D eigenvalue weighted by molar-refractivity contribution is 0.101. The molecule has 0 aromatic heterocycles. The van der Waals surface area contributed by atoms with Gasteiger partial charge in [0, 0.05) is 11.8 Å². The van der Waals surface area contributed by atoms with Crippen LogP contribution in [-0.4, -0.2) is 11.5 Å². The van der Waals surface area contributed by atoms with E-state index < -0.39 is 11.6 Å². The molecule has 0 radical (unpaired) electrons. The normalized spacial score (nSPS) is 10.6. The molecular formula is C16H14F2OS. The second-order valence-electron chi connectivity index (χ2n) is 4.47. The zero-order chi connectivity index (χ0) is 14.5. The largest absolute Gasteiger partial charge is 0.293 e. The summed E-state index contributed by atoms with van der Waals surface area (Å²) < 4.78 is 26.2. The lowest BCUT2D eigenvalue weighted by atomic mass is 10.1. The molecule has 0 aliphatic rings. The molecule has 2 aromatic carbocycles. The summed E-state index contributed by atoms with van der Waals surface area (Å²) in [5, 5.41) is 0. The molecule has 2 aromatic rings. The monoisotopic (exact) mass is 292 g/mol. The smallest absolute Gasteiger partial charge is 0.175 e. The third-order valence-corrected chi connectivity index (χ3v) is 3.96. The van der Waals surface area contributed by atoms with Crippen molar-refractivity contribution < 1.29 is 13.6 Å². The number of carbonyl (C=O) groups is 1. The molecule has 0 aliphatic carbocycles. The van der Waals surface area contributed by atoms with Crippen molar-refractivity contribution in [2.24, 2.45) is 0 Å². The van der Waals surface area contributed by atoms with Crippen molar-refractivity contribution in [2.45, 2.75) is 12.7 Å². The van der Waals surface area contributed by atoms with E-state index in [0.717, 1.165) is 17.7 Å². The van der Waals surface area contributed by atoms with Crippen LogP contribution in [-0.2, 0) is 5.75 Å². The highest BCUT2D eigenvalue weighted by Gasteiger charge is 2.12. The first kappa shape index (κ1) is 14.7. The third kappa shape index (κ3) is 3.67. The van der Waals surface area contributed by atoms with Gasteiger partial charge in [-0.05, 0) is 30.2 Å². The van der Waals surface area contributed by atoms with Crippen molar-refractivity contribution in [3.63, 3.8) is 0 Å². The van der Waals surface area contributed by atoms with Crippen LogP contribution in [0.15, 0.2) is 42.5 Å². The molecule has 20 heavy (non-hydrogen) atoms. The topological polar surface area (TPSA) is 17.1 Å². The Balaban J connectivity index is 1.94. The molecule has 0 spiro atoms. The van der Waals surface area contributed by atoms with Gasteiger partial charge in [-0.1, -0.05) is 24.3 Å². The summed E-state index contributed by atoms with van der Waals surface area (Å²) in [6, 6.07) is 11.0. The fourth-order valence-corrected chi connectivity index (χ4v) is 2.81. The van der Waals surface area contributed by atoms with Crippen LogP contribution in [0.2, 0.25) is 0 Å². The van der Waals surface area contributed by atoms with Crippen molar-refractivity contribution in [3.05, 3.63) is 70.8 Å². The Morgan fingerprint density at radius 3 is 2.60 bits per heavy atom. The second-order valence-corrected chi connectivity index (χ2v) is 5.45. The molecule has 1 nitrogen and oxygen atoms in total. The third-order valence-electron chi connectivity index (χ3n) is 2.98. The first-order valence-corrected chi connectivity index (χ1v) is 7.34. The molecule has 0 N–H and O–H groups in total. The molecule has 0 atom stereocenters. The molecular weight excluding hydrogens is 278 g/mol. The van der Waals surface area contributed by atoms with Crippen molar-refractivity contribution >= 4 is 17.5 Å². The van der Waals surface area contributed by atoms with Gasteiger partial charge >= 0.3 is 0 Å². The number of Topliss-reactive ketones (excluding diaryl/α,β-unsaturated/α-hetero) is 1. The van der Waals surface area contributed by atoms with E-state index in [1.54, 1.807) is 0 Å². The van der Waals surface area contributed by atoms with E-state index >= 15 is 0 Å². The van der Waals surface area contributed by atoms with Crippen molar-refractivity contribution in [3.8, 4) is 0 Å². The SMILES string of the molecule is Cc1ccccc1CSCC(=O)c1ccc(F)cc1F. The van der Waals surface area contributed by atoms with Gasteiger partial charge in [0.05, 0.1) is 11.3 Å². The van der Waals surface area contributed by atoms with Crippen LogP contribution in [0.1, 0.15) is 21.5 Å². The highest BCUT2D eigenvalue weighted by atomic mass is 32.2. The van der Waals surface area contributed by atoms with Gasteiger partial charge in [-0.2, -0.15) is 0 Å². The van der Waals surface area contributed by atoms with Crippen LogP contribution < -0.4 is 0 Å². The molecule has 0 saturated carbocycles. The zero-order valence-electron chi connectivity index (χ0n) is 11.0. The molecule has 0 fully saturated rings. The molecule has 0 bridgehead atoms. The molecule has 4 heteroatoms. The van der Waals surface area contributed by atoms with Crippen molar-refractivity contribution in [2.75, 3.05) is 5.75 Å². The average Bonchev–Trinajstić information content (AvgIpc) is 2.40. The Morgan fingerprint density at radius 1 is 1.15 bits per heavy atom. The van der Waals surface area contributed by atoms with E-state index in [1.807, 2.05) is 31.2 Å².